The van der Waals surface area contributed by atoms with Crippen LogP contribution in [0.15, 0.2) is 42.0 Å². The largest absolute Gasteiger partial charge is 0.453 e. The van der Waals surface area contributed by atoms with Crippen LogP contribution in [0.25, 0.3) is 0 Å². The van der Waals surface area contributed by atoms with Crippen LogP contribution < -0.4 is 0 Å². The number of ketones is 1. The SMILES string of the molecule is CC1=C[C@H]2O[C@@]34OC[C@H]3[C@](C)(C[C@H]4OC(=O)c3ccccc3)[C@@]2(C)CC1=O. The van der Waals surface area contributed by atoms with Crippen molar-refractivity contribution in [2.24, 2.45) is 16.7 Å². The average Bonchev–Trinajstić information content (AvgIpc) is 2.72. The van der Waals surface area contributed by atoms with E-state index in [-0.39, 0.29) is 34.6 Å². The maximum Gasteiger partial charge on any atom is 0.338 e. The van der Waals surface area contributed by atoms with Crippen molar-refractivity contribution in [1.29, 1.82) is 0 Å². The maximum absolute atomic E-state index is 12.7. The summed E-state index contributed by atoms with van der Waals surface area (Å²) in [7, 11) is 0. The second-order valence-electron chi connectivity index (χ2n) is 8.87. The van der Waals surface area contributed by atoms with Crippen LogP contribution in [0.5, 0.6) is 0 Å². The van der Waals surface area contributed by atoms with Gasteiger partial charge < -0.3 is 14.2 Å². The summed E-state index contributed by atoms with van der Waals surface area (Å²) >= 11 is 0. The number of allylic oxidation sites excluding steroid dienone is 1. The van der Waals surface area contributed by atoms with Gasteiger partial charge in [-0.2, -0.15) is 0 Å². The van der Waals surface area contributed by atoms with Gasteiger partial charge in [0.1, 0.15) is 0 Å². The Hall–Kier alpha value is -1.98. The molecule has 142 valence electrons. The van der Waals surface area contributed by atoms with E-state index in [1.54, 1.807) is 12.1 Å². The number of esters is 1. The van der Waals surface area contributed by atoms with Crippen LogP contribution in [0.3, 0.4) is 0 Å². The zero-order valence-corrected chi connectivity index (χ0v) is 15.9. The number of fused-ring (bicyclic) bond motifs is 2. The molecule has 27 heavy (non-hydrogen) atoms. The molecule has 1 aromatic carbocycles. The Balaban J connectivity index is 1.50. The zero-order valence-electron chi connectivity index (χ0n) is 15.9. The van der Waals surface area contributed by atoms with Crippen molar-refractivity contribution < 1.29 is 23.8 Å². The highest BCUT2D eigenvalue weighted by atomic mass is 16.7. The summed E-state index contributed by atoms with van der Waals surface area (Å²) in [6.45, 7) is 6.77. The average molecular weight is 368 g/mol. The molecule has 2 saturated heterocycles. The number of Topliss-reactive ketones (excluding diaryl/α,β-unsaturated/α-hetero) is 1. The van der Waals surface area contributed by atoms with Gasteiger partial charge in [-0.15, -0.1) is 0 Å². The van der Waals surface area contributed by atoms with E-state index in [2.05, 4.69) is 13.8 Å². The van der Waals surface area contributed by atoms with Crippen LogP contribution in [0, 0.1) is 16.7 Å². The number of carbonyl (C=O) groups excluding carboxylic acids is 2. The van der Waals surface area contributed by atoms with Crippen molar-refractivity contribution in [3.8, 4) is 0 Å². The van der Waals surface area contributed by atoms with Crippen LogP contribution in [0.4, 0.5) is 0 Å². The highest BCUT2D eigenvalue weighted by Crippen LogP contribution is 2.71. The van der Waals surface area contributed by atoms with E-state index in [9.17, 15) is 9.59 Å². The predicted octanol–water partition coefficient (Wildman–Crippen LogP) is 3.29. The zero-order chi connectivity index (χ0) is 19.0. The molecule has 4 aliphatic rings. The molecule has 5 heteroatoms. The summed E-state index contributed by atoms with van der Waals surface area (Å²) in [6, 6.07) is 8.99. The van der Waals surface area contributed by atoms with E-state index in [1.165, 1.54) is 0 Å². The second-order valence-corrected chi connectivity index (χ2v) is 8.87. The van der Waals surface area contributed by atoms with Crippen molar-refractivity contribution in [3.05, 3.63) is 47.5 Å². The van der Waals surface area contributed by atoms with Gasteiger partial charge in [0.2, 0.25) is 5.79 Å². The molecule has 3 fully saturated rings. The van der Waals surface area contributed by atoms with Crippen LogP contribution in [-0.2, 0) is 19.0 Å². The van der Waals surface area contributed by atoms with E-state index in [1.807, 2.05) is 31.2 Å². The Morgan fingerprint density at radius 3 is 2.59 bits per heavy atom. The highest BCUT2D eigenvalue weighted by molar-refractivity contribution is 5.96. The molecule has 2 aliphatic carbocycles. The Bertz CT molecular complexity index is 861. The van der Waals surface area contributed by atoms with Crippen molar-refractivity contribution in [2.75, 3.05) is 6.61 Å². The fourth-order valence-corrected chi connectivity index (χ4v) is 5.63. The lowest BCUT2D eigenvalue weighted by Crippen LogP contribution is -2.70. The van der Waals surface area contributed by atoms with Gasteiger partial charge in [-0.25, -0.2) is 4.79 Å². The predicted molar refractivity (Wildman–Crippen MR) is 96.9 cm³/mol. The van der Waals surface area contributed by atoms with Gasteiger partial charge in [0.05, 0.1) is 18.3 Å². The van der Waals surface area contributed by atoms with E-state index in [0.717, 1.165) is 5.57 Å². The molecule has 6 atom stereocenters. The van der Waals surface area contributed by atoms with Gasteiger partial charge >= 0.3 is 5.97 Å². The Morgan fingerprint density at radius 1 is 1.19 bits per heavy atom. The molecular weight excluding hydrogens is 344 g/mol. The van der Waals surface area contributed by atoms with E-state index >= 15 is 0 Å². The third-order valence-corrected chi connectivity index (χ3v) is 7.66. The number of carbonyl (C=O) groups is 2. The van der Waals surface area contributed by atoms with Gasteiger partial charge in [0.15, 0.2) is 11.9 Å². The second kappa shape index (κ2) is 5.30. The first-order valence-electron chi connectivity index (χ1n) is 9.60. The lowest BCUT2D eigenvalue weighted by atomic mass is 9.52. The smallest absolute Gasteiger partial charge is 0.338 e. The number of hydrogen-bond donors (Lipinski definition) is 0. The normalized spacial score (nSPS) is 44.6. The molecule has 2 bridgehead atoms. The van der Waals surface area contributed by atoms with Crippen molar-refractivity contribution >= 4 is 11.8 Å². The van der Waals surface area contributed by atoms with Gasteiger partial charge in [0.25, 0.3) is 0 Å². The quantitative estimate of drug-likeness (QED) is 0.750. The molecule has 5 rings (SSSR count). The molecule has 2 aliphatic heterocycles. The third-order valence-electron chi connectivity index (χ3n) is 7.66. The van der Waals surface area contributed by atoms with Gasteiger partial charge in [-0.05, 0) is 42.5 Å². The summed E-state index contributed by atoms with van der Waals surface area (Å²) in [5.74, 6) is -0.948. The number of benzene rings is 1. The summed E-state index contributed by atoms with van der Waals surface area (Å²) in [5.41, 5.74) is 0.747. The van der Waals surface area contributed by atoms with E-state index < -0.39 is 11.9 Å². The van der Waals surface area contributed by atoms with E-state index in [4.69, 9.17) is 14.2 Å². The monoisotopic (exact) mass is 368 g/mol. The minimum atomic E-state index is -0.888. The first-order valence-corrected chi connectivity index (χ1v) is 9.60. The molecular formula is C22H24O5. The molecule has 2 heterocycles. The summed E-state index contributed by atoms with van der Waals surface area (Å²) in [4.78, 5) is 25.1. The van der Waals surface area contributed by atoms with Crippen molar-refractivity contribution in [3.63, 3.8) is 0 Å². The van der Waals surface area contributed by atoms with Gasteiger partial charge in [-0.1, -0.05) is 32.0 Å². The molecule has 0 amide bonds. The van der Waals surface area contributed by atoms with Crippen LogP contribution in [-0.4, -0.2) is 36.4 Å². The molecule has 5 nitrogen and oxygen atoms in total. The Kier molecular flexibility index (Phi) is 3.36. The fourth-order valence-electron chi connectivity index (χ4n) is 5.63. The standard InChI is InChI=1S/C22H24O5/c1-13-9-17-21(3,10-15(13)23)20(2)11-18(22(27-17)16(20)12-25-22)26-19(24)14-7-5-4-6-8-14/h4-9,16-18H,10-12H2,1-3H3/t16-,17+,18+,20-,21-,22-/m0/s1. The Morgan fingerprint density at radius 2 is 1.93 bits per heavy atom. The highest BCUT2D eigenvalue weighted by Gasteiger charge is 2.79. The van der Waals surface area contributed by atoms with E-state index in [0.29, 0.717) is 25.0 Å². The molecule has 1 saturated carbocycles. The minimum absolute atomic E-state index is 0.124. The molecule has 0 spiro atoms. The summed E-state index contributed by atoms with van der Waals surface area (Å²) in [5, 5.41) is 0. The van der Waals surface area contributed by atoms with Crippen molar-refractivity contribution in [1.82, 2.24) is 0 Å². The summed E-state index contributed by atoms with van der Waals surface area (Å²) in [6.07, 6.45) is 2.36. The number of hydrogen-bond acceptors (Lipinski definition) is 5. The van der Waals surface area contributed by atoms with Crippen LogP contribution in [0.1, 0.15) is 44.0 Å². The molecule has 0 aromatic heterocycles. The first kappa shape index (κ1) is 17.1. The van der Waals surface area contributed by atoms with Crippen LogP contribution >= 0.6 is 0 Å². The van der Waals surface area contributed by atoms with Crippen LogP contribution in [0.2, 0.25) is 0 Å². The minimum Gasteiger partial charge on any atom is -0.453 e. The van der Waals surface area contributed by atoms with Gasteiger partial charge in [-0.3, -0.25) is 4.79 Å². The lowest BCUT2D eigenvalue weighted by molar-refractivity contribution is -0.419. The first-order chi connectivity index (χ1) is 12.8. The fraction of sp³-hybridized carbons (Fsp3) is 0.545. The number of ether oxygens (including phenoxy) is 3. The molecule has 1 aromatic rings. The molecule has 0 unspecified atom stereocenters. The topological polar surface area (TPSA) is 61.8 Å². The maximum atomic E-state index is 12.7. The third kappa shape index (κ3) is 2.02. The lowest BCUT2D eigenvalue weighted by Gasteiger charge is -2.63. The number of rotatable bonds is 2. The Labute approximate surface area is 158 Å². The van der Waals surface area contributed by atoms with Gasteiger partial charge in [0, 0.05) is 17.8 Å². The molecule has 0 radical (unpaired) electrons. The van der Waals surface area contributed by atoms with Crippen molar-refractivity contribution in [2.45, 2.75) is 51.6 Å². The molecule has 0 N–H and O–H groups in total. The summed E-state index contributed by atoms with van der Waals surface area (Å²) < 4.78 is 18.4.